The molecule has 216 valence electrons. The third-order valence-corrected chi connectivity index (χ3v) is 8.28. The lowest BCUT2D eigenvalue weighted by molar-refractivity contribution is 0.0601. The minimum atomic E-state index is -0.353. The molecule has 5 aromatic rings. The number of methoxy groups -OCH3 is 1. The van der Waals surface area contributed by atoms with Crippen LogP contribution >= 0.6 is 0 Å². The fraction of sp³-hybridized carbons (Fsp3) is 0.343. The highest BCUT2D eigenvalue weighted by Gasteiger charge is 2.22. The van der Waals surface area contributed by atoms with E-state index in [9.17, 15) is 4.79 Å². The lowest BCUT2D eigenvalue weighted by Gasteiger charge is -2.18. The molecule has 0 radical (unpaired) electrons. The van der Waals surface area contributed by atoms with Gasteiger partial charge in [0.05, 0.1) is 34.7 Å². The first-order valence-electron chi connectivity index (χ1n) is 15.2. The number of allylic oxidation sites excluding steroid dienone is 2. The van der Waals surface area contributed by atoms with E-state index in [1.54, 1.807) is 0 Å². The number of nitrogens with one attached hydrogen (secondary N) is 1. The van der Waals surface area contributed by atoms with Crippen molar-refractivity contribution in [2.24, 2.45) is 5.92 Å². The highest BCUT2D eigenvalue weighted by atomic mass is 16.5. The molecule has 0 aliphatic heterocycles. The zero-order valence-corrected chi connectivity index (χ0v) is 24.6. The van der Waals surface area contributed by atoms with Crippen molar-refractivity contribution in [2.45, 2.75) is 65.1 Å². The maximum atomic E-state index is 12.4. The Hall–Kier alpha value is -4.39. The highest BCUT2D eigenvalue weighted by molar-refractivity contribution is 5.97. The molecule has 7 heteroatoms. The minimum Gasteiger partial charge on any atom is -0.465 e. The number of ether oxygens (including phenoxy) is 1. The molecule has 0 spiro atoms. The Morgan fingerprint density at radius 2 is 1.88 bits per heavy atom. The van der Waals surface area contributed by atoms with Crippen LogP contribution in [-0.2, 0) is 24.4 Å². The van der Waals surface area contributed by atoms with Gasteiger partial charge >= 0.3 is 5.97 Å². The van der Waals surface area contributed by atoms with Crippen LogP contribution in [0.2, 0.25) is 0 Å². The lowest BCUT2D eigenvalue weighted by atomic mass is 9.93. The maximum Gasteiger partial charge on any atom is 0.337 e. The van der Waals surface area contributed by atoms with E-state index < -0.39 is 0 Å². The molecule has 1 aliphatic rings. The third-order valence-electron chi connectivity index (χ3n) is 8.28. The summed E-state index contributed by atoms with van der Waals surface area (Å²) in [6, 6.07) is 22.4. The number of carbonyl (C=O) groups is 1. The van der Waals surface area contributed by atoms with Crippen LogP contribution in [-0.4, -0.2) is 32.2 Å². The Morgan fingerprint density at radius 3 is 2.67 bits per heavy atom. The maximum absolute atomic E-state index is 12.4. The van der Waals surface area contributed by atoms with Gasteiger partial charge in [-0.2, -0.15) is 0 Å². The van der Waals surface area contributed by atoms with Crippen LogP contribution in [0.4, 0.5) is 5.95 Å². The van der Waals surface area contributed by atoms with Gasteiger partial charge in [-0.05, 0) is 73.9 Å². The van der Waals surface area contributed by atoms with Crippen molar-refractivity contribution >= 4 is 34.0 Å². The predicted octanol–water partition coefficient (Wildman–Crippen LogP) is 8.00. The van der Waals surface area contributed by atoms with Crippen molar-refractivity contribution in [3.8, 4) is 11.4 Å². The van der Waals surface area contributed by atoms with Gasteiger partial charge in [0.15, 0.2) is 0 Å². The summed E-state index contributed by atoms with van der Waals surface area (Å²) in [6.45, 7) is 4.63. The fourth-order valence-electron chi connectivity index (χ4n) is 6.04. The van der Waals surface area contributed by atoms with E-state index in [2.05, 4.69) is 76.0 Å². The number of imidazole rings is 2. The Balaban J connectivity index is 1.47. The summed E-state index contributed by atoms with van der Waals surface area (Å²) in [5, 5.41) is 3.61. The third kappa shape index (κ3) is 5.69. The quantitative estimate of drug-likeness (QED) is 0.131. The van der Waals surface area contributed by atoms with Crippen LogP contribution < -0.4 is 5.32 Å². The number of fused-ring (bicyclic) bond motifs is 2. The minimum absolute atomic E-state index is 0.353. The Bertz CT molecular complexity index is 1720. The van der Waals surface area contributed by atoms with Crippen molar-refractivity contribution in [1.29, 1.82) is 0 Å². The fourth-order valence-corrected chi connectivity index (χ4v) is 6.04. The molecule has 42 heavy (non-hydrogen) atoms. The second kappa shape index (κ2) is 12.6. The number of nitrogens with zero attached hydrogens (tertiary/aromatic N) is 4. The summed E-state index contributed by atoms with van der Waals surface area (Å²) in [6.07, 6.45) is 11.5. The lowest BCUT2D eigenvalue weighted by Crippen LogP contribution is -2.10. The first-order chi connectivity index (χ1) is 20.7. The van der Waals surface area contributed by atoms with E-state index in [1.165, 1.54) is 31.9 Å². The molecule has 3 aromatic carbocycles. The average Bonchev–Trinajstić information content (AvgIpc) is 3.59. The van der Waals surface area contributed by atoms with E-state index in [1.807, 2.05) is 24.3 Å². The molecule has 1 N–H and O–H groups in total. The summed E-state index contributed by atoms with van der Waals surface area (Å²) in [4.78, 5) is 22.6. The van der Waals surface area contributed by atoms with Gasteiger partial charge in [0.2, 0.25) is 5.95 Å². The van der Waals surface area contributed by atoms with Crippen molar-refractivity contribution in [3.63, 3.8) is 0 Å². The van der Waals surface area contributed by atoms with Gasteiger partial charge in [-0.25, -0.2) is 14.8 Å². The molecule has 0 saturated carbocycles. The van der Waals surface area contributed by atoms with Gasteiger partial charge in [0.1, 0.15) is 5.82 Å². The predicted molar refractivity (Wildman–Crippen MR) is 170 cm³/mol. The number of hydrogen-bond acceptors (Lipinski definition) is 5. The summed E-state index contributed by atoms with van der Waals surface area (Å²) in [5.74, 6) is 2.00. The van der Waals surface area contributed by atoms with Crippen LogP contribution in [0.3, 0.4) is 0 Å². The highest BCUT2D eigenvalue weighted by Crippen LogP contribution is 2.34. The van der Waals surface area contributed by atoms with Crippen LogP contribution in [0.5, 0.6) is 0 Å². The number of anilines is 1. The van der Waals surface area contributed by atoms with Gasteiger partial charge < -0.3 is 19.2 Å². The topological polar surface area (TPSA) is 74.0 Å². The number of hydrogen-bond donors (Lipinski definition) is 1. The number of unbranched alkanes of at least 4 members (excludes halogenated alkanes) is 1. The number of esters is 1. The number of aromatic nitrogens is 4. The second-order valence-corrected chi connectivity index (χ2v) is 11.1. The van der Waals surface area contributed by atoms with Crippen LogP contribution in [0.1, 0.15) is 61.4 Å². The Labute approximate surface area is 247 Å². The molecule has 0 fully saturated rings. The first kappa shape index (κ1) is 27.8. The Kier molecular flexibility index (Phi) is 8.35. The molecule has 6 rings (SSSR count). The molecule has 1 unspecified atom stereocenters. The summed E-state index contributed by atoms with van der Waals surface area (Å²) in [5.41, 5.74) is 6.63. The molecule has 0 bridgehead atoms. The zero-order valence-electron chi connectivity index (χ0n) is 24.6. The smallest absolute Gasteiger partial charge is 0.337 e. The van der Waals surface area contributed by atoms with E-state index in [-0.39, 0.29) is 5.97 Å². The van der Waals surface area contributed by atoms with Gasteiger partial charge in [-0.15, -0.1) is 0 Å². The van der Waals surface area contributed by atoms with Crippen molar-refractivity contribution < 1.29 is 9.53 Å². The standard InChI is InChI=1S/C35H39N5O2/c1-3-4-21-40-32-28(16-11-17-29(32)38-35(40)36-24-26-14-9-6-10-15-26)33-37-30-23-27(34(41)42-2)18-19-31(30)39(33)22-20-25-12-7-5-8-13-25/h6-7,9-12,14-19,23,25H,3-5,8,13,20-22,24H2,1-2H3,(H,36,38). The van der Waals surface area contributed by atoms with Gasteiger partial charge in [0, 0.05) is 25.2 Å². The summed E-state index contributed by atoms with van der Waals surface area (Å²) in [7, 11) is 1.41. The van der Waals surface area contributed by atoms with E-state index >= 15 is 0 Å². The number of carbonyl (C=O) groups excluding carboxylic acids is 1. The second-order valence-electron chi connectivity index (χ2n) is 11.1. The monoisotopic (exact) mass is 561 g/mol. The molecular weight excluding hydrogens is 522 g/mol. The van der Waals surface area contributed by atoms with E-state index in [0.29, 0.717) is 18.0 Å². The summed E-state index contributed by atoms with van der Waals surface area (Å²) >= 11 is 0. The first-order valence-corrected chi connectivity index (χ1v) is 15.2. The van der Waals surface area contributed by atoms with Gasteiger partial charge in [0.25, 0.3) is 0 Å². The SMILES string of the molecule is CCCCn1c(NCc2ccccc2)nc2cccc(-c3nc4cc(C(=O)OC)ccc4n3CCC3C=CCCC3)c21. The van der Waals surface area contributed by atoms with E-state index in [4.69, 9.17) is 14.7 Å². The van der Waals surface area contributed by atoms with Gasteiger partial charge in [-0.1, -0.05) is 61.9 Å². The molecule has 7 nitrogen and oxygen atoms in total. The van der Waals surface area contributed by atoms with Crippen molar-refractivity contribution in [2.75, 3.05) is 12.4 Å². The normalized spacial score (nSPS) is 15.0. The number of aryl methyl sites for hydroxylation is 2. The molecule has 2 aromatic heterocycles. The van der Waals surface area contributed by atoms with E-state index in [0.717, 1.165) is 71.8 Å². The number of rotatable bonds is 11. The van der Waals surface area contributed by atoms with Crippen LogP contribution in [0, 0.1) is 5.92 Å². The largest absolute Gasteiger partial charge is 0.465 e. The molecule has 0 amide bonds. The summed E-state index contributed by atoms with van der Waals surface area (Å²) < 4.78 is 9.66. The van der Waals surface area contributed by atoms with Crippen LogP contribution in [0.25, 0.3) is 33.5 Å². The number of benzene rings is 3. The number of para-hydroxylation sites is 1. The molecular formula is C35H39N5O2. The molecule has 1 aliphatic carbocycles. The van der Waals surface area contributed by atoms with Crippen molar-refractivity contribution in [1.82, 2.24) is 19.1 Å². The molecule has 1 atom stereocenters. The average molecular weight is 562 g/mol. The Morgan fingerprint density at radius 1 is 1.00 bits per heavy atom. The molecule has 2 heterocycles. The zero-order chi connectivity index (χ0) is 28.9. The van der Waals surface area contributed by atoms with Crippen molar-refractivity contribution in [3.05, 3.63) is 90.0 Å². The van der Waals surface area contributed by atoms with Gasteiger partial charge in [-0.3, -0.25) is 0 Å². The van der Waals surface area contributed by atoms with Crippen LogP contribution in [0.15, 0.2) is 78.9 Å². The molecule has 0 saturated heterocycles.